The molecule has 0 spiro atoms. The molecule has 0 amide bonds. The van der Waals surface area contributed by atoms with Gasteiger partial charge in [-0.3, -0.25) is 0 Å². The molecule has 0 aromatic heterocycles. The van der Waals surface area contributed by atoms with Crippen LogP contribution in [0, 0.1) is 11.8 Å². The van der Waals surface area contributed by atoms with E-state index < -0.39 is 0 Å². The van der Waals surface area contributed by atoms with E-state index in [1.165, 1.54) is 57.8 Å². The van der Waals surface area contributed by atoms with Crippen LogP contribution in [-0.2, 0) is 0 Å². The van der Waals surface area contributed by atoms with Gasteiger partial charge in [0, 0.05) is 0 Å². The van der Waals surface area contributed by atoms with E-state index in [0.717, 1.165) is 43.0 Å². The second-order valence-corrected chi connectivity index (χ2v) is 7.26. The molecule has 0 aliphatic heterocycles. The molecule has 2 rings (SSSR count). The summed E-state index contributed by atoms with van der Waals surface area (Å²) in [6, 6.07) is 8.09. The monoisotopic (exact) mass is 332 g/mol. The molecular weight excluding hydrogens is 296 g/mol. The van der Waals surface area contributed by atoms with Crippen LogP contribution < -0.4 is 9.47 Å². The third-order valence-electron chi connectivity index (χ3n) is 5.30. The van der Waals surface area contributed by atoms with Crippen LogP contribution in [0.25, 0.3) is 0 Å². The van der Waals surface area contributed by atoms with Gasteiger partial charge in [0.05, 0.1) is 13.2 Å². The van der Waals surface area contributed by atoms with Gasteiger partial charge in [-0.1, -0.05) is 58.8 Å². The van der Waals surface area contributed by atoms with Crippen LogP contribution in [-0.4, -0.2) is 13.2 Å². The molecule has 0 saturated heterocycles. The summed E-state index contributed by atoms with van der Waals surface area (Å²) in [6.07, 6.45) is 13.3. The Morgan fingerprint density at radius 1 is 0.750 bits per heavy atom. The summed E-state index contributed by atoms with van der Waals surface area (Å²) in [5.74, 6) is 3.83. The minimum absolute atomic E-state index is 0.803. The van der Waals surface area contributed by atoms with Crippen molar-refractivity contribution in [3.8, 4) is 11.5 Å². The lowest BCUT2D eigenvalue weighted by Crippen LogP contribution is -2.20. The Morgan fingerprint density at radius 2 is 1.29 bits per heavy atom. The Labute approximate surface area is 148 Å². The van der Waals surface area contributed by atoms with Crippen LogP contribution in [0.5, 0.6) is 11.5 Å². The van der Waals surface area contributed by atoms with Gasteiger partial charge in [0.1, 0.15) is 11.5 Å². The first kappa shape index (κ1) is 19.1. The van der Waals surface area contributed by atoms with Crippen LogP contribution in [0.3, 0.4) is 0 Å². The van der Waals surface area contributed by atoms with E-state index in [-0.39, 0.29) is 0 Å². The van der Waals surface area contributed by atoms with Crippen LogP contribution in [0.2, 0.25) is 0 Å². The molecule has 2 nitrogen and oxygen atoms in total. The van der Waals surface area contributed by atoms with Crippen LogP contribution in [0.15, 0.2) is 24.3 Å². The van der Waals surface area contributed by atoms with E-state index in [4.69, 9.17) is 9.47 Å². The summed E-state index contributed by atoms with van der Waals surface area (Å²) >= 11 is 0. The molecule has 1 fully saturated rings. The maximum atomic E-state index is 5.92. The normalized spacial score (nSPS) is 20.8. The van der Waals surface area contributed by atoms with Crippen molar-refractivity contribution in [3.05, 3.63) is 24.3 Å². The Balaban J connectivity index is 1.64. The highest BCUT2D eigenvalue weighted by Gasteiger charge is 2.23. The molecule has 1 saturated carbocycles. The van der Waals surface area contributed by atoms with E-state index in [1.807, 2.05) is 24.3 Å². The predicted octanol–water partition coefficient (Wildman–Crippen LogP) is 6.63. The van der Waals surface area contributed by atoms with Crippen molar-refractivity contribution in [2.45, 2.75) is 78.1 Å². The Hall–Kier alpha value is -1.18. The summed E-state index contributed by atoms with van der Waals surface area (Å²) in [5, 5.41) is 0. The molecule has 1 aromatic carbocycles. The smallest absolute Gasteiger partial charge is 0.119 e. The lowest BCUT2D eigenvalue weighted by atomic mass is 9.75. The first-order chi connectivity index (χ1) is 11.8. The van der Waals surface area contributed by atoms with Gasteiger partial charge in [0.25, 0.3) is 0 Å². The molecule has 1 aromatic rings. The second kappa shape index (κ2) is 11.4. The fourth-order valence-electron chi connectivity index (χ4n) is 3.92. The zero-order chi connectivity index (χ0) is 17.0. The average molecular weight is 333 g/mol. The Kier molecular flexibility index (Phi) is 9.09. The highest BCUT2D eigenvalue weighted by molar-refractivity contribution is 5.31. The van der Waals surface area contributed by atoms with Crippen molar-refractivity contribution < 1.29 is 9.47 Å². The Morgan fingerprint density at radius 3 is 1.83 bits per heavy atom. The number of benzene rings is 1. The van der Waals surface area contributed by atoms with Crippen LogP contribution >= 0.6 is 0 Å². The molecule has 0 N–H and O–H groups in total. The number of rotatable bonds is 11. The van der Waals surface area contributed by atoms with E-state index in [0.29, 0.717) is 0 Å². The second-order valence-electron chi connectivity index (χ2n) is 7.26. The maximum absolute atomic E-state index is 5.92. The van der Waals surface area contributed by atoms with Gasteiger partial charge in [-0.2, -0.15) is 0 Å². The number of hydrogen-bond donors (Lipinski definition) is 0. The van der Waals surface area contributed by atoms with Gasteiger partial charge in [0.15, 0.2) is 0 Å². The minimum Gasteiger partial charge on any atom is -0.494 e. The van der Waals surface area contributed by atoms with E-state index >= 15 is 0 Å². The molecule has 24 heavy (non-hydrogen) atoms. The zero-order valence-corrected chi connectivity index (χ0v) is 15.8. The quantitative estimate of drug-likeness (QED) is 0.423. The lowest BCUT2D eigenvalue weighted by Gasteiger charge is -2.31. The van der Waals surface area contributed by atoms with Gasteiger partial charge < -0.3 is 9.47 Å². The fraction of sp³-hybridized carbons (Fsp3) is 0.727. The predicted molar refractivity (Wildman–Crippen MR) is 102 cm³/mol. The van der Waals surface area contributed by atoms with E-state index in [9.17, 15) is 0 Å². The van der Waals surface area contributed by atoms with E-state index in [2.05, 4.69) is 13.8 Å². The molecule has 0 radical (unpaired) electrons. The van der Waals surface area contributed by atoms with Crippen molar-refractivity contribution >= 4 is 0 Å². The molecule has 0 bridgehead atoms. The average Bonchev–Trinajstić information content (AvgIpc) is 2.62. The molecule has 136 valence electrons. The number of ether oxygens (including phenoxy) is 2. The highest BCUT2D eigenvalue weighted by Crippen LogP contribution is 2.35. The topological polar surface area (TPSA) is 18.5 Å². The molecule has 2 atom stereocenters. The highest BCUT2D eigenvalue weighted by atomic mass is 16.5. The third kappa shape index (κ3) is 6.75. The van der Waals surface area contributed by atoms with Crippen molar-refractivity contribution in [2.75, 3.05) is 13.2 Å². The minimum atomic E-state index is 0.803. The van der Waals surface area contributed by atoms with Crippen LogP contribution in [0.4, 0.5) is 0 Å². The summed E-state index contributed by atoms with van der Waals surface area (Å²) in [4.78, 5) is 0. The molecule has 2 heteroatoms. The fourth-order valence-corrected chi connectivity index (χ4v) is 3.92. The van der Waals surface area contributed by atoms with Crippen molar-refractivity contribution in [1.29, 1.82) is 0 Å². The van der Waals surface area contributed by atoms with Crippen molar-refractivity contribution in [3.63, 3.8) is 0 Å². The largest absolute Gasteiger partial charge is 0.494 e. The lowest BCUT2D eigenvalue weighted by molar-refractivity contribution is 0.193. The Bertz CT molecular complexity index is 424. The maximum Gasteiger partial charge on any atom is 0.119 e. The first-order valence-corrected chi connectivity index (χ1v) is 10.2. The molecule has 0 heterocycles. The molecule has 1 aliphatic rings. The molecular formula is C22H36O2. The third-order valence-corrected chi connectivity index (χ3v) is 5.30. The van der Waals surface area contributed by atoms with Crippen molar-refractivity contribution in [1.82, 2.24) is 0 Å². The van der Waals surface area contributed by atoms with Crippen LogP contribution in [0.1, 0.15) is 78.1 Å². The summed E-state index contributed by atoms with van der Waals surface area (Å²) < 4.78 is 11.6. The zero-order valence-electron chi connectivity index (χ0n) is 15.8. The number of unbranched alkanes of at least 4 members (excludes halogenated alkanes) is 1. The van der Waals surface area contributed by atoms with Gasteiger partial charge >= 0.3 is 0 Å². The van der Waals surface area contributed by atoms with Gasteiger partial charge in [-0.25, -0.2) is 0 Å². The standard InChI is InChI=1S/C22H36O2/c1-3-5-17-23-21-13-15-22(16-14-21)24-18-8-12-20-11-7-6-10-19(20)9-4-2/h13-16,19-20H,3-12,17-18H2,1-2H3. The molecule has 2 unspecified atom stereocenters. The summed E-state index contributed by atoms with van der Waals surface area (Å²) in [7, 11) is 0. The summed E-state index contributed by atoms with van der Waals surface area (Å²) in [6.45, 7) is 6.14. The summed E-state index contributed by atoms with van der Waals surface area (Å²) in [5.41, 5.74) is 0. The number of hydrogen-bond acceptors (Lipinski definition) is 2. The SMILES string of the molecule is CCCCOc1ccc(OCCCC2CCCCC2CCC)cc1. The van der Waals surface area contributed by atoms with Gasteiger partial charge in [-0.05, 0) is 55.4 Å². The molecule has 1 aliphatic carbocycles. The van der Waals surface area contributed by atoms with Crippen molar-refractivity contribution in [2.24, 2.45) is 11.8 Å². The van der Waals surface area contributed by atoms with Gasteiger partial charge in [0.2, 0.25) is 0 Å². The first-order valence-electron chi connectivity index (χ1n) is 10.2. The van der Waals surface area contributed by atoms with E-state index in [1.54, 1.807) is 0 Å². The van der Waals surface area contributed by atoms with Gasteiger partial charge in [-0.15, -0.1) is 0 Å².